The lowest BCUT2D eigenvalue weighted by molar-refractivity contribution is -0.386. The second-order valence-electron chi connectivity index (χ2n) is 3.48. The number of hydroxylamine groups is 2. The molecule has 1 heterocycles. The molecular formula is C8H15N2O3. The zero-order chi connectivity index (χ0) is 10.3. The highest BCUT2D eigenvalue weighted by Crippen LogP contribution is 2.34. The van der Waals surface area contributed by atoms with Crippen molar-refractivity contribution >= 4 is 5.71 Å². The Labute approximate surface area is 77.9 Å². The van der Waals surface area contributed by atoms with Crippen molar-refractivity contribution in [1.29, 1.82) is 0 Å². The SMILES string of the molecule is COC1(OC)C(C)=NC(C)(C)N1[O]. The third kappa shape index (κ3) is 1.28. The van der Waals surface area contributed by atoms with Gasteiger partial charge in [0.1, 0.15) is 5.66 Å². The van der Waals surface area contributed by atoms with Gasteiger partial charge in [0, 0.05) is 14.2 Å². The minimum Gasteiger partial charge on any atom is -0.334 e. The number of methoxy groups -OCH3 is 2. The number of ether oxygens (including phenoxy) is 2. The topological polar surface area (TPSA) is 54.0 Å². The lowest BCUT2D eigenvalue weighted by Crippen LogP contribution is -2.55. The van der Waals surface area contributed by atoms with Crippen molar-refractivity contribution in [3.05, 3.63) is 0 Å². The first-order valence-electron chi connectivity index (χ1n) is 4.05. The molecular weight excluding hydrogens is 172 g/mol. The van der Waals surface area contributed by atoms with E-state index in [-0.39, 0.29) is 0 Å². The summed E-state index contributed by atoms with van der Waals surface area (Å²) >= 11 is 0. The van der Waals surface area contributed by atoms with E-state index in [1.165, 1.54) is 14.2 Å². The van der Waals surface area contributed by atoms with E-state index in [1.807, 2.05) is 0 Å². The molecule has 1 radical (unpaired) electrons. The molecule has 1 aliphatic rings. The summed E-state index contributed by atoms with van der Waals surface area (Å²) in [6, 6.07) is 0. The van der Waals surface area contributed by atoms with Crippen LogP contribution in [-0.4, -0.2) is 36.6 Å². The van der Waals surface area contributed by atoms with Gasteiger partial charge in [-0.3, -0.25) is 4.99 Å². The van der Waals surface area contributed by atoms with Crippen LogP contribution in [0.5, 0.6) is 0 Å². The molecule has 75 valence electrons. The van der Waals surface area contributed by atoms with E-state index in [9.17, 15) is 5.21 Å². The second-order valence-corrected chi connectivity index (χ2v) is 3.48. The Kier molecular flexibility index (Phi) is 2.46. The van der Waals surface area contributed by atoms with Gasteiger partial charge in [0.15, 0.2) is 0 Å². The largest absolute Gasteiger partial charge is 0.334 e. The van der Waals surface area contributed by atoms with Gasteiger partial charge in [-0.25, -0.2) is 0 Å². The molecule has 0 saturated carbocycles. The quantitative estimate of drug-likeness (QED) is 0.600. The van der Waals surface area contributed by atoms with Crippen LogP contribution in [0.15, 0.2) is 4.99 Å². The zero-order valence-electron chi connectivity index (χ0n) is 8.62. The Morgan fingerprint density at radius 3 is 1.92 bits per heavy atom. The molecule has 5 heteroatoms. The number of hydrogen-bond acceptors (Lipinski definition) is 4. The molecule has 0 bridgehead atoms. The van der Waals surface area contributed by atoms with Crippen LogP contribution in [0.1, 0.15) is 20.8 Å². The van der Waals surface area contributed by atoms with Crippen LogP contribution < -0.4 is 0 Å². The molecule has 0 aromatic heterocycles. The van der Waals surface area contributed by atoms with Gasteiger partial charge < -0.3 is 9.47 Å². The van der Waals surface area contributed by atoms with Gasteiger partial charge in [-0.05, 0) is 20.8 Å². The molecule has 5 nitrogen and oxygen atoms in total. The molecule has 0 aromatic rings. The highest BCUT2D eigenvalue weighted by Gasteiger charge is 2.54. The maximum absolute atomic E-state index is 11.8. The molecule has 0 aliphatic carbocycles. The number of aliphatic imine (C=N–C) groups is 1. The molecule has 0 N–H and O–H groups in total. The zero-order valence-corrected chi connectivity index (χ0v) is 8.62. The Bertz CT molecular complexity index is 234. The van der Waals surface area contributed by atoms with Crippen LogP contribution in [0.4, 0.5) is 0 Å². The van der Waals surface area contributed by atoms with Gasteiger partial charge in [-0.1, -0.05) is 5.06 Å². The molecule has 0 atom stereocenters. The van der Waals surface area contributed by atoms with Crippen molar-refractivity contribution in [3.63, 3.8) is 0 Å². The summed E-state index contributed by atoms with van der Waals surface area (Å²) in [6.45, 7) is 5.14. The third-order valence-corrected chi connectivity index (χ3v) is 2.22. The molecule has 1 rings (SSSR count). The first kappa shape index (κ1) is 10.6. The molecule has 0 aromatic carbocycles. The predicted molar refractivity (Wildman–Crippen MR) is 46.5 cm³/mol. The van der Waals surface area contributed by atoms with Crippen molar-refractivity contribution in [2.45, 2.75) is 32.3 Å². The van der Waals surface area contributed by atoms with Gasteiger partial charge in [0.25, 0.3) is 5.91 Å². The molecule has 0 unspecified atom stereocenters. The smallest absolute Gasteiger partial charge is 0.297 e. The second kappa shape index (κ2) is 3.02. The van der Waals surface area contributed by atoms with E-state index in [0.717, 1.165) is 5.06 Å². The standard InChI is InChI=1S/C8H15N2O3/c1-6-8(12-4,13-5)10(11)7(2,3)9-6/h1-5H3. The van der Waals surface area contributed by atoms with Crippen LogP contribution in [0, 0.1) is 0 Å². The Balaban J connectivity index is 3.09. The summed E-state index contributed by atoms with van der Waals surface area (Å²) in [5.41, 5.74) is -0.284. The van der Waals surface area contributed by atoms with E-state index < -0.39 is 11.6 Å². The Morgan fingerprint density at radius 2 is 1.77 bits per heavy atom. The van der Waals surface area contributed by atoms with Crippen LogP contribution in [0.25, 0.3) is 0 Å². The van der Waals surface area contributed by atoms with E-state index in [4.69, 9.17) is 9.47 Å². The van der Waals surface area contributed by atoms with Crippen molar-refractivity contribution in [2.75, 3.05) is 14.2 Å². The Morgan fingerprint density at radius 1 is 1.31 bits per heavy atom. The molecule has 0 amide bonds. The summed E-state index contributed by atoms with van der Waals surface area (Å²) in [5, 5.41) is 12.5. The average Bonchev–Trinajstić information content (AvgIpc) is 2.22. The summed E-state index contributed by atoms with van der Waals surface area (Å²) in [7, 11) is 2.85. The van der Waals surface area contributed by atoms with E-state index in [1.54, 1.807) is 20.8 Å². The van der Waals surface area contributed by atoms with Gasteiger partial charge in [0.05, 0.1) is 5.71 Å². The van der Waals surface area contributed by atoms with Crippen LogP contribution in [-0.2, 0) is 14.7 Å². The Hall–Kier alpha value is -0.490. The molecule has 0 saturated heterocycles. The van der Waals surface area contributed by atoms with Crippen LogP contribution in [0.2, 0.25) is 0 Å². The van der Waals surface area contributed by atoms with E-state index >= 15 is 0 Å². The first-order valence-corrected chi connectivity index (χ1v) is 4.05. The highest BCUT2D eigenvalue weighted by molar-refractivity contribution is 5.90. The van der Waals surface area contributed by atoms with E-state index in [2.05, 4.69) is 4.99 Å². The maximum Gasteiger partial charge on any atom is 0.297 e. The number of rotatable bonds is 2. The lowest BCUT2D eigenvalue weighted by atomic mass is 10.2. The van der Waals surface area contributed by atoms with Gasteiger partial charge >= 0.3 is 0 Å². The summed E-state index contributed by atoms with van der Waals surface area (Å²) in [4.78, 5) is 4.18. The first-order chi connectivity index (χ1) is 5.90. The van der Waals surface area contributed by atoms with Gasteiger partial charge in [0.2, 0.25) is 0 Å². The molecule has 1 aliphatic heterocycles. The minimum atomic E-state index is -1.34. The fourth-order valence-electron chi connectivity index (χ4n) is 1.58. The van der Waals surface area contributed by atoms with Crippen LogP contribution >= 0.6 is 0 Å². The molecule has 13 heavy (non-hydrogen) atoms. The monoisotopic (exact) mass is 187 g/mol. The highest BCUT2D eigenvalue weighted by atomic mass is 16.8. The predicted octanol–water partition coefficient (Wildman–Crippen LogP) is 0.791. The van der Waals surface area contributed by atoms with Crippen molar-refractivity contribution in [2.24, 2.45) is 4.99 Å². The van der Waals surface area contributed by atoms with Gasteiger partial charge in [-0.15, -0.1) is 5.21 Å². The van der Waals surface area contributed by atoms with Crippen molar-refractivity contribution in [1.82, 2.24) is 5.06 Å². The third-order valence-electron chi connectivity index (χ3n) is 2.22. The summed E-state index contributed by atoms with van der Waals surface area (Å²) in [5.74, 6) is -1.34. The van der Waals surface area contributed by atoms with Crippen molar-refractivity contribution < 1.29 is 14.7 Å². The fourth-order valence-corrected chi connectivity index (χ4v) is 1.58. The lowest BCUT2D eigenvalue weighted by Gasteiger charge is -2.33. The van der Waals surface area contributed by atoms with Crippen molar-refractivity contribution in [3.8, 4) is 0 Å². The number of nitrogens with zero attached hydrogens (tertiary/aromatic N) is 2. The molecule has 0 spiro atoms. The average molecular weight is 187 g/mol. The normalized spacial score (nSPS) is 26.2. The van der Waals surface area contributed by atoms with E-state index in [0.29, 0.717) is 5.71 Å². The van der Waals surface area contributed by atoms with Crippen LogP contribution in [0.3, 0.4) is 0 Å². The summed E-state index contributed by atoms with van der Waals surface area (Å²) < 4.78 is 10.1. The fraction of sp³-hybridized carbons (Fsp3) is 0.875. The molecule has 0 fully saturated rings. The maximum atomic E-state index is 11.8. The number of hydrogen-bond donors (Lipinski definition) is 0. The van der Waals surface area contributed by atoms with Gasteiger partial charge in [-0.2, -0.15) is 0 Å². The minimum absolute atomic E-state index is 0.539. The summed E-state index contributed by atoms with van der Waals surface area (Å²) in [6.07, 6.45) is 0.